The van der Waals surface area contributed by atoms with E-state index in [1.807, 2.05) is 12.1 Å². The molecule has 0 saturated heterocycles. The van der Waals surface area contributed by atoms with Crippen molar-refractivity contribution in [1.82, 2.24) is 0 Å². The van der Waals surface area contributed by atoms with Crippen LogP contribution in [0.3, 0.4) is 0 Å². The summed E-state index contributed by atoms with van der Waals surface area (Å²) >= 11 is 4.54. The molecule has 7 heteroatoms. The number of carboxylic acid groups (broad SMARTS) is 1. The minimum atomic E-state index is -1.07. The molecule has 0 heterocycles. The average Bonchev–Trinajstić information content (AvgIpc) is 2.35. The summed E-state index contributed by atoms with van der Waals surface area (Å²) in [5.41, 5.74) is 6.28. The number of carboxylic acids is 1. The van der Waals surface area contributed by atoms with Gasteiger partial charge < -0.3 is 16.2 Å². The van der Waals surface area contributed by atoms with E-state index in [1.165, 1.54) is 11.8 Å². The molecule has 0 radical (unpaired) electrons. The third-order valence-corrected chi connectivity index (χ3v) is 4.60. The van der Waals surface area contributed by atoms with Crippen LogP contribution in [0.5, 0.6) is 0 Å². The number of hydrogen-bond acceptors (Lipinski definition) is 4. The smallest absolute Gasteiger partial charge is 0.321 e. The lowest BCUT2D eigenvalue weighted by atomic mass is 10.1. The van der Waals surface area contributed by atoms with E-state index in [1.54, 1.807) is 26.0 Å². The standard InChI is InChI=1S/C13H17BrN2O3S/c1-13(2,11(15)12(18)19)20-7-10(17)16-9-5-3-4-8(14)6-9/h3-6,11H,7,15H2,1-2H3,(H,16,17)(H,18,19)/t11-/m0/s1. The van der Waals surface area contributed by atoms with Crippen molar-refractivity contribution in [3.63, 3.8) is 0 Å². The number of thioether (sulfide) groups is 1. The Morgan fingerprint density at radius 3 is 2.70 bits per heavy atom. The fourth-order valence-corrected chi connectivity index (χ4v) is 2.66. The van der Waals surface area contributed by atoms with Gasteiger partial charge in [0.25, 0.3) is 0 Å². The Bertz CT molecular complexity index is 508. The molecule has 0 aromatic heterocycles. The van der Waals surface area contributed by atoms with Crippen LogP contribution in [0.15, 0.2) is 28.7 Å². The van der Waals surface area contributed by atoms with Crippen molar-refractivity contribution in [3.05, 3.63) is 28.7 Å². The molecule has 0 fully saturated rings. The molecule has 1 amide bonds. The second-order valence-corrected chi connectivity index (χ2v) is 7.31. The Hall–Kier alpha value is -1.05. The molecule has 0 aliphatic rings. The maximum absolute atomic E-state index is 11.8. The summed E-state index contributed by atoms with van der Waals surface area (Å²) in [7, 11) is 0. The number of amides is 1. The lowest BCUT2D eigenvalue weighted by Crippen LogP contribution is -2.47. The van der Waals surface area contributed by atoms with E-state index in [0.29, 0.717) is 5.69 Å². The predicted octanol–water partition coefficient (Wildman–Crippen LogP) is 2.31. The van der Waals surface area contributed by atoms with Crippen LogP contribution in [0.4, 0.5) is 5.69 Å². The zero-order valence-corrected chi connectivity index (χ0v) is 13.6. The summed E-state index contributed by atoms with van der Waals surface area (Å²) < 4.78 is 0.150. The van der Waals surface area contributed by atoms with Crippen molar-refractivity contribution < 1.29 is 14.7 Å². The number of nitrogens with two attached hydrogens (primary N) is 1. The molecule has 0 aliphatic heterocycles. The maximum Gasteiger partial charge on any atom is 0.321 e. The summed E-state index contributed by atoms with van der Waals surface area (Å²) in [6.07, 6.45) is 0. The summed E-state index contributed by atoms with van der Waals surface area (Å²) in [5, 5.41) is 11.6. The van der Waals surface area contributed by atoms with Gasteiger partial charge in [0, 0.05) is 14.9 Å². The molecule has 5 nitrogen and oxygen atoms in total. The van der Waals surface area contributed by atoms with Gasteiger partial charge in [0.15, 0.2) is 0 Å². The third-order valence-electron chi connectivity index (χ3n) is 2.70. The molecule has 0 saturated carbocycles. The summed E-state index contributed by atoms with van der Waals surface area (Å²) in [6, 6.07) is 6.22. The van der Waals surface area contributed by atoms with Crippen molar-refractivity contribution in [1.29, 1.82) is 0 Å². The molecule has 0 aliphatic carbocycles. The van der Waals surface area contributed by atoms with Crippen LogP contribution < -0.4 is 11.1 Å². The summed E-state index contributed by atoms with van der Waals surface area (Å²) in [5.74, 6) is -1.13. The minimum absolute atomic E-state index is 0.139. The first-order valence-corrected chi connectivity index (χ1v) is 7.68. The number of anilines is 1. The largest absolute Gasteiger partial charge is 0.480 e. The van der Waals surface area contributed by atoms with Crippen molar-refractivity contribution in [2.75, 3.05) is 11.1 Å². The van der Waals surface area contributed by atoms with Gasteiger partial charge in [-0.15, -0.1) is 11.8 Å². The van der Waals surface area contributed by atoms with Crippen LogP contribution in [0.25, 0.3) is 0 Å². The van der Waals surface area contributed by atoms with Gasteiger partial charge in [-0.25, -0.2) is 0 Å². The fraction of sp³-hybridized carbons (Fsp3) is 0.385. The molecule has 20 heavy (non-hydrogen) atoms. The van der Waals surface area contributed by atoms with Crippen molar-refractivity contribution in [3.8, 4) is 0 Å². The number of carbonyl (C=O) groups excluding carboxylic acids is 1. The fourth-order valence-electron chi connectivity index (χ4n) is 1.40. The first kappa shape index (κ1) is 17.0. The van der Waals surface area contributed by atoms with Gasteiger partial charge in [-0.1, -0.05) is 22.0 Å². The first-order chi connectivity index (χ1) is 9.22. The summed E-state index contributed by atoms with van der Waals surface area (Å²) in [6.45, 7) is 3.42. The van der Waals surface area contributed by atoms with Gasteiger partial charge in [0.1, 0.15) is 6.04 Å². The lowest BCUT2D eigenvalue weighted by molar-refractivity contribution is -0.139. The molecule has 4 N–H and O–H groups in total. The molecule has 0 unspecified atom stereocenters. The second kappa shape index (κ2) is 7.10. The SMILES string of the molecule is CC(C)(SCC(=O)Nc1cccc(Br)c1)[C@@H](N)C(=O)O. The molecule has 0 bridgehead atoms. The minimum Gasteiger partial charge on any atom is -0.480 e. The second-order valence-electron chi connectivity index (χ2n) is 4.77. The van der Waals surface area contributed by atoms with Crippen LogP contribution in [-0.4, -0.2) is 33.5 Å². The van der Waals surface area contributed by atoms with Crippen molar-refractivity contribution >= 4 is 45.3 Å². The van der Waals surface area contributed by atoms with Crippen LogP contribution in [0.2, 0.25) is 0 Å². The van der Waals surface area contributed by atoms with Crippen LogP contribution in [0, 0.1) is 0 Å². The topological polar surface area (TPSA) is 92.4 Å². The number of nitrogens with one attached hydrogen (secondary N) is 1. The predicted molar refractivity (Wildman–Crippen MR) is 84.9 cm³/mol. The number of carbonyl (C=O) groups is 2. The van der Waals surface area contributed by atoms with Gasteiger partial charge in [-0.05, 0) is 32.0 Å². The Balaban J connectivity index is 2.53. The van der Waals surface area contributed by atoms with Crippen LogP contribution in [-0.2, 0) is 9.59 Å². The Morgan fingerprint density at radius 1 is 1.50 bits per heavy atom. The van der Waals surface area contributed by atoms with Gasteiger partial charge in [0.05, 0.1) is 5.75 Å². The van der Waals surface area contributed by atoms with Gasteiger partial charge in [0.2, 0.25) is 5.91 Å². The Kier molecular flexibility index (Phi) is 6.04. The summed E-state index contributed by atoms with van der Waals surface area (Å²) in [4.78, 5) is 22.7. The van der Waals surface area contributed by atoms with Gasteiger partial charge in [-0.2, -0.15) is 0 Å². The van der Waals surface area contributed by atoms with E-state index < -0.39 is 16.8 Å². The van der Waals surface area contributed by atoms with Gasteiger partial charge in [-0.3, -0.25) is 9.59 Å². The highest BCUT2D eigenvalue weighted by Gasteiger charge is 2.33. The van der Waals surface area contributed by atoms with E-state index in [0.717, 1.165) is 4.47 Å². The van der Waals surface area contributed by atoms with Crippen LogP contribution in [0.1, 0.15) is 13.8 Å². The lowest BCUT2D eigenvalue weighted by Gasteiger charge is -2.27. The zero-order chi connectivity index (χ0) is 15.3. The Labute approximate surface area is 130 Å². The highest BCUT2D eigenvalue weighted by Crippen LogP contribution is 2.27. The van der Waals surface area contributed by atoms with Gasteiger partial charge >= 0.3 is 5.97 Å². The molecule has 1 atom stereocenters. The van der Waals surface area contributed by atoms with Crippen molar-refractivity contribution in [2.24, 2.45) is 5.73 Å². The first-order valence-electron chi connectivity index (χ1n) is 5.90. The van der Waals surface area contributed by atoms with E-state index in [9.17, 15) is 9.59 Å². The normalized spacial score (nSPS) is 12.8. The monoisotopic (exact) mass is 360 g/mol. The maximum atomic E-state index is 11.8. The number of aliphatic carboxylic acids is 1. The molecule has 1 rings (SSSR count). The van der Waals surface area contributed by atoms with E-state index in [2.05, 4.69) is 21.2 Å². The number of hydrogen-bond donors (Lipinski definition) is 3. The molecular formula is C13H17BrN2O3S. The zero-order valence-electron chi connectivity index (χ0n) is 11.2. The van der Waals surface area contributed by atoms with E-state index >= 15 is 0 Å². The third kappa shape index (κ3) is 5.15. The molecule has 0 spiro atoms. The number of rotatable bonds is 6. The molecule has 110 valence electrons. The highest BCUT2D eigenvalue weighted by molar-refractivity contribution is 9.10. The number of halogens is 1. The van der Waals surface area contributed by atoms with E-state index in [4.69, 9.17) is 10.8 Å². The van der Waals surface area contributed by atoms with Crippen LogP contribution >= 0.6 is 27.7 Å². The molecule has 1 aromatic carbocycles. The molecular weight excluding hydrogens is 344 g/mol. The van der Waals surface area contributed by atoms with Crippen molar-refractivity contribution in [2.45, 2.75) is 24.6 Å². The number of benzene rings is 1. The quantitative estimate of drug-likeness (QED) is 0.723. The molecule has 1 aromatic rings. The highest BCUT2D eigenvalue weighted by atomic mass is 79.9. The Morgan fingerprint density at radius 2 is 2.15 bits per heavy atom. The van der Waals surface area contributed by atoms with E-state index in [-0.39, 0.29) is 11.7 Å². The average molecular weight is 361 g/mol.